The third-order valence-corrected chi connectivity index (χ3v) is 6.25. The molecule has 0 saturated heterocycles. The molecule has 1 aromatic carbocycles. The van der Waals surface area contributed by atoms with E-state index in [0.717, 1.165) is 6.54 Å². The van der Waals surface area contributed by atoms with Crippen LogP contribution in [0.25, 0.3) is 11.0 Å². The molecular formula is C20H23N5O4S. The maximum Gasteiger partial charge on any atom is 0.267 e. The maximum atomic E-state index is 13.4. The minimum Gasteiger partial charge on any atom is -0.506 e. The van der Waals surface area contributed by atoms with Crippen molar-refractivity contribution in [2.24, 2.45) is 4.40 Å². The SMILES string of the molecule is CN(C)CCCn1c(=O)c(C2=NS(O)(O)c3ccccc3N2)c(O)c2cccnc21. The smallest absolute Gasteiger partial charge is 0.267 e. The number of nitrogens with one attached hydrogen (secondary N) is 1. The van der Waals surface area contributed by atoms with Gasteiger partial charge in [-0.1, -0.05) is 22.9 Å². The van der Waals surface area contributed by atoms with Crippen LogP contribution in [0.3, 0.4) is 0 Å². The van der Waals surface area contributed by atoms with E-state index in [1.807, 2.05) is 19.0 Å². The van der Waals surface area contributed by atoms with Crippen LogP contribution in [-0.2, 0) is 6.54 Å². The lowest BCUT2D eigenvalue weighted by atomic mass is 10.1. The number of aromatic nitrogens is 2. The van der Waals surface area contributed by atoms with Crippen molar-refractivity contribution in [1.29, 1.82) is 0 Å². The molecule has 30 heavy (non-hydrogen) atoms. The van der Waals surface area contributed by atoms with Crippen molar-refractivity contribution in [1.82, 2.24) is 14.5 Å². The van der Waals surface area contributed by atoms with Gasteiger partial charge >= 0.3 is 0 Å². The first-order chi connectivity index (χ1) is 14.3. The summed E-state index contributed by atoms with van der Waals surface area (Å²) in [5.41, 5.74) is 0.172. The summed E-state index contributed by atoms with van der Waals surface area (Å²) < 4.78 is 26.5. The van der Waals surface area contributed by atoms with Crippen LogP contribution in [0.1, 0.15) is 12.0 Å². The van der Waals surface area contributed by atoms with Gasteiger partial charge in [-0.05, 0) is 51.3 Å². The van der Waals surface area contributed by atoms with Crippen molar-refractivity contribution in [2.75, 3.05) is 26.0 Å². The summed E-state index contributed by atoms with van der Waals surface area (Å²) in [6.07, 6.45) is 2.26. The Morgan fingerprint density at radius 2 is 1.93 bits per heavy atom. The summed E-state index contributed by atoms with van der Waals surface area (Å²) in [4.78, 5) is 19.9. The molecule has 0 fully saturated rings. The number of aryl methyl sites for hydroxylation is 1. The predicted octanol–water partition coefficient (Wildman–Crippen LogP) is 2.95. The van der Waals surface area contributed by atoms with Crippen LogP contribution in [0.5, 0.6) is 5.75 Å². The number of hydrogen-bond donors (Lipinski definition) is 4. The average Bonchev–Trinajstić information content (AvgIpc) is 2.70. The molecule has 0 amide bonds. The molecule has 3 heterocycles. The number of nitrogens with zero attached hydrogens (tertiary/aromatic N) is 4. The molecule has 0 spiro atoms. The van der Waals surface area contributed by atoms with E-state index in [9.17, 15) is 19.0 Å². The number of anilines is 1. The Kier molecular flexibility index (Phi) is 5.24. The van der Waals surface area contributed by atoms with Crippen LogP contribution >= 0.6 is 10.8 Å². The molecule has 3 aromatic rings. The molecule has 0 atom stereocenters. The van der Waals surface area contributed by atoms with Gasteiger partial charge in [0.2, 0.25) is 0 Å². The lowest BCUT2D eigenvalue weighted by Gasteiger charge is -2.34. The van der Waals surface area contributed by atoms with Gasteiger partial charge in [0.25, 0.3) is 5.56 Å². The van der Waals surface area contributed by atoms with Crippen LogP contribution in [0.15, 0.2) is 56.7 Å². The van der Waals surface area contributed by atoms with Crippen LogP contribution in [0.4, 0.5) is 5.69 Å². The van der Waals surface area contributed by atoms with Crippen molar-refractivity contribution in [3.05, 3.63) is 58.5 Å². The second kappa shape index (κ2) is 7.73. The lowest BCUT2D eigenvalue weighted by molar-refractivity contribution is 0.386. The minimum atomic E-state index is -3.52. The molecule has 0 radical (unpaired) electrons. The van der Waals surface area contributed by atoms with Crippen molar-refractivity contribution >= 4 is 33.3 Å². The van der Waals surface area contributed by atoms with Crippen molar-refractivity contribution in [3.8, 4) is 5.75 Å². The maximum absolute atomic E-state index is 13.4. The number of fused-ring (bicyclic) bond motifs is 2. The molecule has 158 valence electrons. The van der Waals surface area contributed by atoms with E-state index in [1.54, 1.807) is 42.6 Å². The number of hydrogen-bond acceptors (Lipinski definition) is 8. The number of rotatable bonds is 5. The van der Waals surface area contributed by atoms with E-state index in [-0.39, 0.29) is 22.0 Å². The van der Waals surface area contributed by atoms with Gasteiger partial charge < -0.3 is 15.3 Å². The molecule has 0 unspecified atom stereocenters. The second-order valence-corrected chi connectivity index (χ2v) is 8.95. The molecule has 4 N–H and O–H groups in total. The molecule has 9 nitrogen and oxygen atoms in total. The first kappa shape index (κ1) is 20.4. The van der Waals surface area contributed by atoms with Crippen molar-refractivity contribution in [3.63, 3.8) is 0 Å². The number of aromatic hydroxyl groups is 1. The van der Waals surface area contributed by atoms with Crippen LogP contribution in [-0.4, -0.2) is 55.1 Å². The highest BCUT2D eigenvalue weighted by atomic mass is 32.3. The van der Waals surface area contributed by atoms with Crippen LogP contribution in [0.2, 0.25) is 0 Å². The molecule has 0 aliphatic carbocycles. The van der Waals surface area contributed by atoms with E-state index < -0.39 is 16.3 Å². The summed E-state index contributed by atoms with van der Waals surface area (Å²) in [6, 6.07) is 9.95. The van der Waals surface area contributed by atoms with E-state index >= 15 is 0 Å². The molecule has 4 rings (SSSR count). The number of amidine groups is 1. The summed E-state index contributed by atoms with van der Waals surface area (Å²) in [5, 5.41) is 14.3. The third-order valence-electron chi connectivity index (χ3n) is 4.87. The van der Waals surface area contributed by atoms with Gasteiger partial charge in [-0.3, -0.25) is 18.5 Å². The van der Waals surface area contributed by atoms with Gasteiger partial charge in [-0.2, -0.15) is 0 Å². The topological polar surface area (TPSA) is 123 Å². The highest BCUT2D eigenvalue weighted by Crippen LogP contribution is 2.55. The molecule has 2 aromatic heterocycles. The number of pyridine rings is 2. The quantitative estimate of drug-likeness (QED) is 0.492. The van der Waals surface area contributed by atoms with E-state index in [1.165, 1.54) is 4.57 Å². The summed E-state index contributed by atoms with van der Waals surface area (Å²) >= 11 is 0. The molecule has 0 saturated carbocycles. The normalized spacial score (nSPS) is 16.1. The van der Waals surface area contributed by atoms with Gasteiger partial charge in [0, 0.05) is 12.7 Å². The number of benzene rings is 1. The Labute approximate surface area is 174 Å². The van der Waals surface area contributed by atoms with Gasteiger partial charge in [-0.25, -0.2) is 4.98 Å². The Hall–Kier alpha value is -2.92. The molecular weight excluding hydrogens is 406 g/mol. The molecule has 0 bridgehead atoms. The summed E-state index contributed by atoms with van der Waals surface area (Å²) in [5.74, 6) is -0.379. The van der Waals surface area contributed by atoms with E-state index in [0.29, 0.717) is 29.7 Å². The zero-order valence-corrected chi connectivity index (χ0v) is 17.4. The highest BCUT2D eigenvalue weighted by molar-refractivity contribution is 8.23. The minimum absolute atomic E-state index is 0.0803. The Morgan fingerprint density at radius 3 is 2.70 bits per heavy atom. The fraction of sp³-hybridized carbons (Fsp3) is 0.250. The van der Waals surface area contributed by atoms with Gasteiger partial charge in [0.15, 0.2) is 5.84 Å². The van der Waals surface area contributed by atoms with E-state index in [4.69, 9.17) is 0 Å². The van der Waals surface area contributed by atoms with E-state index in [2.05, 4.69) is 14.7 Å². The van der Waals surface area contributed by atoms with Crippen molar-refractivity contribution < 1.29 is 14.2 Å². The highest BCUT2D eigenvalue weighted by Gasteiger charge is 2.30. The summed E-state index contributed by atoms with van der Waals surface area (Å²) in [6.45, 7) is 1.15. The van der Waals surface area contributed by atoms with Crippen LogP contribution < -0.4 is 10.9 Å². The largest absolute Gasteiger partial charge is 0.506 e. The Bertz CT molecular complexity index is 1210. The first-order valence-corrected chi connectivity index (χ1v) is 10.9. The third kappa shape index (κ3) is 3.54. The molecule has 10 heteroatoms. The van der Waals surface area contributed by atoms with Gasteiger partial charge in [0.1, 0.15) is 21.9 Å². The van der Waals surface area contributed by atoms with Gasteiger partial charge in [0.05, 0.1) is 11.1 Å². The fourth-order valence-electron chi connectivity index (χ4n) is 3.47. The second-order valence-electron chi connectivity index (χ2n) is 7.29. The predicted molar refractivity (Wildman–Crippen MR) is 119 cm³/mol. The number of para-hydroxylation sites is 1. The first-order valence-electron chi connectivity index (χ1n) is 9.39. The molecule has 1 aliphatic heterocycles. The average molecular weight is 430 g/mol. The molecule has 1 aliphatic rings. The fourth-order valence-corrected chi connectivity index (χ4v) is 4.64. The van der Waals surface area contributed by atoms with Crippen molar-refractivity contribution in [2.45, 2.75) is 17.9 Å². The monoisotopic (exact) mass is 429 g/mol. The summed E-state index contributed by atoms with van der Waals surface area (Å²) in [7, 11) is 0.374. The standard InChI is InChI=1S/C20H23N5O4S/c1-24(2)11-6-12-25-19-13(7-5-10-21-19)17(26)16(20(25)27)18-22-14-8-3-4-9-15(14)30(28,29)23-18/h3-5,7-10,26,28-29H,6,11-12H2,1-2H3,(H,22,23). The zero-order valence-electron chi connectivity index (χ0n) is 16.6. The van der Waals surface area contributed by atoms with Gasteiger partial charge in [-0.15, -0.1) is 4.40 Å². The zero-order chi connectivity index (χ0) is 21.5. The lowest BCUT2D eigenvalue weighted by Crippen LogP contribution is -2.33. The van der Waals surface area contributed by atoms with Crippen LogP contribution in [0, 0.1) is 0 Å². The Balaban J connectivity index is 1.90. The Morgan fingerprint density at radius 1 is 1.17 bits per heavy atom.